The van der Waals surface area contributed by atoms with Gasteiger partial charge in [0.1, 0.15) is 0 Å². The summed E-state index contributed by atoms with van der Waals surface area (Å²) in [6, 6.07) is 5.32. The Morgan fingerprint density at radius 2 is 1.52 bits per heavy atom. The fourth-order valence-corrected chi connectivity index (χ4v) is 2.41. The predicted molar refractivity (Wildman–Crippen MR) is 108 cm³/mol. The molecule has 0 radical (unpaired) electrons. The van der Waals surface area contributed by atoms with Crippen molar-refractivity contribution in [2.75, 3.05) is 7.11 Å². The van der Waals surface area contributed by atoms with E-state index in [9.17, 15) is 14.4 Å². The number of hydrogen-bond donors (Lipinski definition) is 0. The van der Waals surface area contributed by atoms with Crippen molar-refractivity contribution in [1.29, 1.82) is 0 Å². The summed E-state index contributed by atoms with van der Waals surface area (Å²) >= 11 is 11.8. The molecule has 0 spiro atoms. The Morgan fingerprint density at radius 1 is 0.889 bits per heavy atom. The van der Waals surface area contributed by atoms with Crippen molar-refractivity contribution in [1.82, 2.24) is 0 Å². The lowest BCUT2D eigenvalue weighted by Crippen LogP contribution is -2.01. The molecule has 0 bridgehead atoms. The van der Waals surface area contributed by atoms with Gasteiger partial charge in [-0.15, -0.1) is 0 Å². The Balaban J connectivity index is 2.27. The Morgan fingerprint density at radius 3 is 2.11 bits per heavy atom. The molecule has 0 saturated heterocycles. The SMILES string of the molecule is COC(=O)CCCC(=O)/C=C/C=C/C=C/C(=O)CCc1ccc(Cl)c(Cl)c1. The van der Waals surface area contributed by atoms with Crippen molar-refractivity contribution in [3.8, 4) is 0 Å². The molecule has 0 atom stereocenters. The van der Waals surface area contributed by atoms with Gasteiger partial charge in [0.05, 0.1) is 17.2 Å². The Bertz CT molecular complexity index is 749. The van der Waals surface area contributed by atoms with Gasteiger partial charge < -0.3 is 4.74 Å². The van der Waals surface area contributed by atoms with Crippen LogP contribution in [0.3, 0.4) is 0 Å². The molecule has 1 aromatic rings. The number of benzene rings is 1. The predicted octanol–water partition coefficient (Wildman–Crippen LogP) is 5.08. The van der Waals surface area contributed by atoms with Gasteiger partial charge in [0, 0.05) is 19.3 Å². The number of aryl methyl sites for hydroxylation is 1. The number of esters is 1. The number of rotatable bonds is 11. The van der Waals surface area contributed by atoms with Crippen LogP contribution in [0.2, 0.25) is 10.0 Å². The van der Waals surface area contributed by atoms with E-state index in [0.29, 0.717) is 35.7 Å². The molecule has 0 fully saturated rings. The number of allylic oxidation sites excluding steroid dienone is 6. The maximum absolute atomic E-state index is 11.8. The number of carbonyl (C=O) groups is 3. The van der Waals surface area contributed by atoms with Gasteiger partial charge in [0.2, 0.25) is 0 Å². The fraction of sp³-hybridized carbons (Fsp3) is 0.286. The molecule has 6 heteroatoms. The maximum atomic E-state index is 11.8. The molecule has 144 valence electrons. The van der Waals surface area contributed by atoms with Crippen LogP contribution in [0.4, 0.5) is 0 Å². The Labute approximate surface area is 169 Å². The minimum atomic E-state index is -0.319. The zero-order valence-electron chi connectivity index (χ0n) is 15.1. The normalized spacial score (nSPS) is 11.5. The third-order valence-electron chi connectivity index (χ3n) is 3.57. The van der Waals surface area contributed by atoms with Crippen LogP contribution in [-0.2, 0) is 25.5 Å². The molecule has 1 rings (SSSR count). The highest BCUT2D eigenvalue weighted by molar-refractivity contribution is 6.42. The lowest BCUT2D eigenvalue weighted by atomic mass is 10.1. The van der Waals surface area contributed by atoms with E-state index in [1.54, 1.807) is 36.4 Å². The van der Waals surface area contributed by atoms with E-state index in [2.05, 4.69) is 4.74 Å². The van der Waals surface area contributed by atoms with Gasteiger partial charge in [0.15, 0.2) is 11.6 Å². The molecule has 0 saturated carbocycles. The van der Waals surface area contributed by atoms with Crippen LogP contribution in [-0.4, -0.2) is 24.6 Å². The molecule has 0 aliphatic rings. The highest BCUT2D eigenvalue weighted by Gasteiger charge is 2.03. The van der Waals surface area contributed by atoms with Crippen LogP contribution in [0.25, 0.3) is 0 Å². The number of hydrogen-bond acceptors (Lipinski definition) is 4. The van der Waals surface area contributed by atoms with E-state index < -0.39 is 0 Å². The zero-order chi connectivity index (χ0) is 20.1. The first-order valence-electron chi connectivity index (χ1n) is 8.50. The average molecular weight is 409 g/mol. The van der Waals surface area contributed by atoms with Crippen LogP contribution in [0.5, 0.6) is 0 Å². The summed E-state index contributed by atoms with van der Waals surface area (Å²) in [5.74, 6) is -0.389. The molecule has 0 unspecified atom stereocenters. The third kappa shape index (κ3) is 10.5. The monoisotopic (exact) mass is 408 g/mol. The van der Waals surface area contributed by atoms with Crippen LogP contribution < -0.4 is 0 Å². The van der Waals surface area contributed by atoms with E-state index >= 15 is 0 Å². The second kappa shape index (κ2) is 13.1. The van der Waals surface area contributed by atoms with Gasteiger partial charge in [-0.25, -0.2) is 0 Å². The van der Waals surface area contributed by atoms with Crippen molar-refractivity contribution in [2.45, 2.75) is 32.1 Å². The molecule has 0 amide bonds. The number of methoxy groups -OCH3 is 1. The molecule has 0 aliphatic heterocycles. The lowest BCUT2D eigenvalue weighted by molar-refractivity contribution is -0.140. The molecule has 4 nitrogen and oxygen atoms in total. The van der Waals surface area contributed by atoms with Crippen molar-refractivity contribution in [3.63, 3.8) is 0 Å². The molecule has 27 heavy (non-hydrogen) atoms. The summed E-state index contributed by atoms with van der Waals surface area (Å²) in [6.45, 7) is 0. The second-order valence-corrected chi connectivity index (χ2v) is 6.53. The first-order chi connectivity index (χ1) is 12.9. The smallest absolute Gasteiger partial charge is 0.305 e. The highest BCUT2D eigenvalue weighted by atomic mass is 35.5. The number of halogens is 2. The molecule has 0 N–H and O–H groups in total. The van der Waals surface area contributed by atoms with E-state index in [1.165, 1.54) is 19.3 Å². The quantitative estimate of drug-likeness (QED) is 0.291. The van der Waals surface area contributed by atoms with Gasteiger partial charge in [-0.05, 0) is 42.7 Å². The molecule has 0 aromatic heterocycles. The van der Waals surface area contributed by atoms with Crippen LogP contribution in [0.15, 0.2) is 54.7 Å². The summed E-state index contributed by atoms with van der Waals surface area (Å²) in [7, 11) is 1.32. The van der Waals surface area contributed by atoms with Crippen LogP contribution in [0.1, 0.15) is 31.2 Å². The zero-order valence-corrected chi connectivity index (χ0v) is 16.6. The fourth-order valence-electron chi connectivity index (χ4n) is 2.09. The Hall–Kier alpha value is -2.17. The number of ether oxygens (including phenoxy) is 1. The standard InChI is InChI=1S/C21H22Cl2O4/c1-27-21(26)10-6-9-17(24)7-4-2-3-5-8-18(25)13-11-16-12-14-19(22)20(23)15-16/h2-5,7-8,12,14-15H,6,9-11,13H2,1H3/b3-2+,7-4+,8-5+. The van der Waals surface area contributed by atoms with Crippen molar-refractivity contribution in [2.24, 2.45) is 0 Å². The van der Waals surface area contributed by atoms with Gasteiger partial charge >= 0.3 is 5.97 Å². The van der Waals surface area contributed by atoms with Crippen LogP contribution >= 0.6 is 23.2 Å². The lowest BCUT2D eigenvalue weighted by Gasteiger charge is -2.01. The van der Waals surface area contributed by atoms with E-state index in [1.807, 2.05) is 6.07 Å². The van der Waals surface area contributed by atoms with E-state index in [0.717, 1.165) is 5.56 Å². The van der Waals surface area contributed by atoms with Crippen molar-refractivity contribution < 1.29 is 19.1 Å². The van der Waals surface area contributed by atoms with E-state index in [4.69, 9.17) is 23.2 Å². The topological polar surface area (TPSA) is 60.4 Å². The molecular formula is C21H22Cl2O4. The van der Waals surface area contributed by atoms with Crippen LogP contribution in [0, 0.1) is 0 Å². The minimum Gasteiger partial charge on any atom is -0.469 e. The van der Waals surface area contributed by atoms with Gasteiger partial charge in [0.25, 0.3) is 0 Å². The molecule has 1 aromatic carbocycles. The number of ketones is 2. The van der Waals surface area contributed by atoms with Crippen molar-refractivity contribution in [3.05, 3.63) is 70.3 Å². The summed E-state index contributed by atoms with van der Waals surface area (Å²) in [4.78, 5) is 34.3. The average Bonchev–Trinajstić information content (AvgIpc) is 2.65. The summed E-state index contributed by atoms with van der Waals surface area (Å²) in [5.41, 5.74) is 0.954. The first kappa shape index (κ1) is 22.9. The molecular weight excluding hydrogens is 387 g/mol. The number of carbonyl (C=O) groups excluding carboxylic acids is 3. The molecule has 0 aliphatic carbocycles. The summed E-state index contributed by atoms with van der Waals surface area (Å²) in [6.07, 6.45) is 11.5. The second-order valence-electron chi connectivity index (χ2n) is 5.71. The van der Waals surface area contributed by atoms with E-state index in [-0.39, 0.29) is 24.0 Å². The summed E-state index contributed by atoms with van der Waals surface area (Å²) < 4.78 is 4.50. The van der Waals surface area contributed by atoms with Crippen molar-refractivity contribution >= 4 is 40.7 Å². The van der Waals surface area contributed by atoms with Gasteiger partial charge in [-0.2, -0.15) is 0 Å². The van der Waals surface area contributed by atoms with Gasteiger partial charge in [-0.3, -0.25) is 14.4 Å². The third-order valence-corrected chi connectivity index (χ3v) is 4.31. The first-order valence-corrected chi connectivity index (χ1v) is 9.25. The molecule has 0 heterocycles. The highest BCUT2D eigenvalue weighted by Crippen LogP contribution is 2.23. The summed E-state index contributed by atoms with van der Waals surface area (Å²) in [5, 5.41) is 0.971. The largest absolute Gasteiger partial charge is 0.469 e. The Kier molecular flexibility index (Phi) is 11.1. The maximum Gasteiger partial charge on any atom is 0.305 e. The minimum absolute atomic E-state index is 0.00594. The van der Waals surface area contributed by atoms with Gasteiger partial charge in [-0.1, -0.05) is 53.6 Å².